The standard InChI is InChI=1S/C10H11N7O/c1-6-7(4-11)10(18)17(3)9(15-16-12)8(6)5-14-13-2/h5,13H,1-3H3/b14-5+. The van der Waals surface area contributed by atoms with Gasteiger partial charge in [-0.1, -0.05) is 0 Å². The predicted molar refractivity (Wildman–Crippen MR) is 66.6 cm³/mol. The maximum atomic E-state index is 11.8. The van der Waals surface area contributed by atoms with Gasteiger partial charge in [-0.15, -0.1) is 0 Å². The minimum absolute atomic E-state index is 0.00643. The molecule has 0 atom stereocenters. The van der Waals surface area contributed by atoms with Crippen LogP contribution >= 0.6 is 0 Å². The molecule has 1 N–H and O–H groups in total. The fourth-order valence-corrected chi connectivity index (χ4v) is 1.49. The van der Waals surface area contributed by atoms with E-state index < -0.39 is 5.56 Å². The van der Waals surface area contributed by atoms with Crippen LogP contribution in [0.3, 0.4) is 0 Å². The summed E-state index contributed by atoms with van der Waals surface area (Å²) in [5.74, 6) is 0.123. The number of hydrogen-bond donors (Lipinski definition) is 1. The molecule has 0 aliphatic heterocycles. The van der Waals surface area contributed by atoms with E-state index in [4.69, 9.17) is 10.8 Å². The number of aromatic nitrogens is 1. The Morgan fingerprint density at radius 1 is 1.61 bits per heavy atom. The van der Waals surface area contributed by atoms with Gasteiger partial charge in [-0.2, -0.15) is 10.4 Å². The number of nitrogens with zero attached hydrogens (tertiary/aromatic N) is 6. The first-order valence-electron chi connectivity index (χ1n) is 4.97. The highest BCUT2D eigenvalue weighted by Gasteiger charge is 2.15. The van der Waals surface area contributed by atoms with Crippen LogP contribution in [-0.2, 0) is 7.05 Å². The van der Waals surface area contributed by atoms with Crippen molar-refractivity contribution in [2.45, 2.75) is 6.92 Å². The van der Waals surface area contributed by atoms with E-state index in [9.17, 15) is 4.79 Å². The zero-order chi connectivity index (χ0) is 13.7. The second-order valence-electron chi connectivity index (χ2n) is 3.38. The molecule has 18 heavy (non-hydrogen) atoms. The number of rotatable bonds is 3. The SMILES string of the molecule is CN/N=C/c1c(C)c(C#N)c(=O)n(C)c1N=[N+]=[N-]. The van der Waals surface area contributed by atoms with Crippen LogP contribution in [0.4, 0.5) is 5.82 Å². The molecule has 1 aromatic rings. The van der Waals surface area contributed by atoms with Gasteiger partial charge in [0.25, 0.3) is 5.56 Å². The number of nitrogens with one attached hydrogen (secondary N) is 1. The van der Waals surface area contributed by atoms with Crippen molar-refractivity contribution in [3.05, 3.63) is 37.5 Å². The summed E-state index contributed by atoms with van der Waals surface area (Å²) in [5, 5.41) is 16.2. The van der Waals surface area contributed by atoms with E-state index in [1.54, 1.807) is 14.0 Å². The van der Waals surface area contributed by atoms with Gasteiger partial charge >= 0.3 is 0 Å². The summed E-state index contributed by atoms with van der Waals surface area (Å²) in [6.45, 7) is 1.60. The molecule has 0 saturated heterocycles. The molecular weight excluding hydrogens is 234 g/mol. The topological polar surface area (TPSA) is 119 Å². The van der Waals surface area contributed by atoms with Gasteiger partial charge in [0.2, 0.25) is 0 Å². The molecule has 1 aromatic heterocycles. The summed E-state index contributed by atoms with van der Waals surface area (Å²) in [7, 11) is 3.04. The van der Waals surface area contributed by atoms with E-state index in [0.29, 0.717) is 11.1 Å². The van der Waals surface area contributed by atoms with E-state index >= 15 is 0 Å². The zero-order valence-electron chi connectivity index (χ0n) is 10.2. The monoisotopic (exact) mass is 245 g/mol. The van der Waals surface area contributed by atoms with Gasteiger partial charge < -0.3 is 9.99 Å². The molecule has 1 heterocycles. The normalized spacial score (nSPS) is 9.89. The minimum atomic E-state index is -0.501. The number of azide groups is 1. The van der Waals surface area contributed by atoms with Crippen LogP contribution < -0.4 is 11.0 Å². The molecule has 0 aliphatic rings. The molecule has 8 heteroatoms. The summed E-state index contributed by atoms with van der Waals surface area (Å²) in [5.41, 5.74) is 11.4. The highest BCUT2D eigenvalue weighted by Crippen LogP contribution is 2.20. The smallest absolute Gasteiger partial charge is 0.268 e. The number of hydrazone groups is 1. The van der Waals surface area contributed by atoms with Gasteiger partial charge in [0.1, 0.15) is 17.5 Å². The van der Waals surface area contributed by atoms with Gasteiger partial charge in [-0.25, -0.2) is 0 Å². The number of nitriles is 1. The first kappa shape index (κ1) is 13.3. The zero-order valence-corrected chi connectivity index (χ0v) is 10.2. The molecule has 0 bridgehead atoms. The van der Waals surface area contributed by atoms with Crippen molar-refractivity contribution >= 4 is 12.0 Å². The first-order valence-corrected chi connectivity index (χ1v) is 4.97. The molecular formula is C10H11N7O. The Morgan fingerprint density at radius 2 is 2.28 bits per heavy atom. The van der Waals surface area contributed by atoms with Crippen LogP contribution in [0.15, 0.2) is 15.0 Å². The average Bonchev–Trinajstić information content (AvgIpc) is 2.36. The van der Waals surface area contributed by atoms with Crippen LogP contribution in [0.25, 0.3) is 10.4 Å². The fraction of sp³-hybridized carbons (Fsp3) is 0.300. The molecule has 0 radical (unpaired) electrons. The lowest BCUT2D eigenvalue weighted by Gasteiger charge is -2.10. The van der Waals surface area contributed by atoms with Gasteiger partial charge in [0.15, 0.2) is 0 Å². The summed E-state index contributed by atoms with van der Waals surface area (Å²) >= 11 is 0. The van der Waals surface area contributed by atoms with Crippen LogP contribution in [-0.4, -0.2) is 17.8 Å². The lowest BCUT2D eigenvalue weighted by molar-refractivity contribution is 0.846. The highest BCUT2D eigenvalue weighted by molar-refractivity contribution is 5.88. The maximum Gasteiger partial charge on any atom is 0.268 e. The second-order valence-corrected chi connectivity index (χ2v) is 3.38. The van der Waals surface area contributed by atoms with Crippen molar-refractivity contribution in [2.24, 2.45) is 17.3 Å². The molecule has 0 aliphatic carbocycles. The Bertz CT molecular complexity index is 644. The van der Waals surface area contributed by atoms with Gasteiger partial charge in [-0.05, 0) is 23.1 Å². The first-order chi connectivity index (χ1) is 8.58. The van der Waals surface area contributed by atoms with Crippen molar-refractivity contribution in [2.75, 3.05) is 7.05 Å². The molecule has 0 unspecified atom stereocenters. The Morgan fingerprint density at radius 3 is 2.78 bits per heavy atom. The summed E-state index contributed by atoms with van der Waals surface area (Å²) < 4.78 is 1.13. The van der Waals surface area contributed by atoms with E-state index in [-0.39, 0.29) is 11.4 Å². The van der Waals surface area contributed by atoms with E-state index in [2.05, 4.69) is 20.6 Å². The third-order valence-electron chi connectivity index (χ3n) is 2.43. The summed E-state index contributed by atoms with van der Waals surface area (Å²) in [4.78, 5) is 14.5. The molecule has 0 amide bonds. The Kier molecular flexibility index (Phi) is 4.07. The Hall–Kier alpha value is -2.78. The fourth-order valence-electron chi connectivity index (χ4n) is 1.49. The molecule has 0 aromatic carbocycles. The van der Waals surface area contributed by atoms with Crippen LogP contribution in [0.2, 0.25) is 0 Å². The highest BCUT2D eigenvalue weighted by atomic mass is 16.1. The molecule has 92 valence electrons. The average molecular weight is 245 g/mol. The third kappa shape index (κ3) is 2.16. The van der Waals surface area contributed by atoms with Crippen LogP contribution in [0, 0.1) is 18.3 Å². The van der Waals surface area contributed by atoms with E-state index in [1.165, 1.54) is 13.3 Å². The van der Waals surface area contributed by atoms with Crippen LogP contribution in [0.5, 0.6) is 0 Å². The molecule has 0 fully saturated rings. The van der Waals surface area contributed by atoms with E-state index in [0.717, 1.165) is 4.57 Å². The third-order valence-corrected chi connectivity index (χ3v) is 2.43. The summed E-state index contributed by atoms with van der Waals surface area (Å²) in [6.07, 6.45) is 1.40. The minimum Gasteiger partial charge on any atom is -0.313 e. The molecule has 0 saturated carbocycles. The van der Waals surface area contributed by atoms with E-state index in [1.807, 2.05) is 6.07 Å². The summed E-state index contributed by atoms with van der Waals surface area (Å²) in [6, 6.07) is 1.84. The quantitative estimate of drug-likeness (QED) is 0.282. The second kappa shape index (κ2) is 5.52. The number of hydrogen-bond acceptors (Lipinski definition) is 5. The molecule has 0 spiro atoms. The largest absolute Gasteiger partial charge is 0.313 e. The van der Waals surface area contributed by atoms with Crippen molar-refractivity contribution in [3.8, 4) is 6.07 Å². The predicted octanol–water partition coefficient (Wildman–Crippen LogP) is 1.06. The molecule has 1 rings (SSSR count). The van der Waals surface area contributed by atoms with Gasteiger partial charge in [0.05, 0.1) is 6.21 Å². The Balaban J connectivity index is 3.81. The maximum absolute atomic E-state index is 11.8. The van der Waals surface area contributed by atoms with Crippen molar-refractivity contribution in [1.82, 2.24) is 9.99 Å². The number of pyridine rings is 1. The van der Waals surface area contributed by atoms with Crippen molar-refractivity contribution in [1.29, 1.82) is 5.26 Å². The van der Waals surface area contributed by atoms with Crippen LogP contribution in [0.1, 0.15) is 16.7 Å². The van der Waals surface area contributed by atoms with Gasteiger partial charge in [-0.3, -0.25) is 4.79 Å². The van der Waals surface area contributed by atoms with Crippen molar-refractivity contribution < 1.29 is 0 Å². The Labute approximate surface area is 103 Å². The lowest BCUT2D eigenvalue weighted by atomic mass is 10.1. The van der Waals surface area contributed by atoms with Crippen molar-refractivity contribution in [3.63, 3.8) is 0 Å². The lowest BCUT2D eigenvalue weighted by Crippen LogP contribution is -2.22. The molecule has 8 nitrogen and oxygen atoms in total. The van der Waals surface area contributed by atoms with Gasteiger partial charge in [0, 0.05) is 24.6 Å².